The van der Waals surface area contributed by atoms with E-state index in [0.717, 1.165) is 5.56 Å². The van der Waals surface area contributed by atoms with Gasteiger partial charge in [0.2, 0.25) is 5.91 Å². The van der Waals surface area contributed by atoms with E-state index in [1.165, 1.54) is 0 Å². The summed E-state index contributed by atoms with van der Waals surface area (Å²) < 4.78 is 5.19. The van der Waals surface area contributed by atoms with E-state index in [1.807, 2.05) is 30.3 Å². The molecule has 2 aromatic rings. The fourth-order valence-electron chi connectivity index (χ4n) is 2.02. The molecule has 0 saturated heterocycles. The molecule has 4 nitrogen and oxygen atoms in total. The lowest BCUT2D eigenvalue weighted by Crippen LogP contribution is -2.32. The fraction of sp³-hybridized carbons (Fsp3) is 0.250. The molecule has 1 aromatic carbocycles. The first kappa shape index (κ1) is 13.9. The highest BCUT2D eigenvalue weighted by Gasteiger charge is 2.23. The van der Waals surface area contributed by atoms with Gasteiger partial charge < -0.3 is 9.32 Å². The largest absolute Gasteiger partial charge is 0.469 e. The molecule has 1 amide bonds. The third kappa shape index (κ3) is 3.48. The summed E-state index contributed by atoms with van der Waals surface area (Å²) >= 11 is 0. The van der Waals surface area contributed by atoms with Crippen molar-refractivity contribution < 1.29 is 9.21 Å². The van der Waals surface area contributed by atoms with Gasteiger partial charge in [-0.05, 0) is 17.7 Å². The molecule has 0 bridgehead atoms. The number of amides is 1. The van der Waals surface area contributed by atoms with Crippen LogP contribution in [-0.2, 0) is 17.8 Å². The third-order valence-corrected chi connectivity index (χ3v) is 3.08. The third-order valence-electron chi connectivity index (χ3n) is 3.08. The molecule has 0 N–H and O–H groups in total. The number of hydrogen-bond acceptors (Lipinski definition) is 3. The molecular formula is C16H16N2O2. The number of nitriles is 1. The average molecular weight is 268 g/mol. The van der Waals surface area contributed by atoms with Crippen molar-refractivity contribution in [1.29, 1.82) is 5.26 Å². The molecule has 1 unspecified atom stereocenters. The summed E-state index contributed by atoms with van der Waals surface area (Å²) in [6.45, 7) is 0.496. The minimum Gasteiger partial charge on any atom is -0.469 e. The number of nitrogens with zero attached hydrogens (tertiary/aromatic N) is 2. The van der Waals surface area contributed by atoms with Gasteiger partial charge in [-0.2, -0.15) is 5.26 Å². The Hall–Kier alpha value is -2.54. The smallest absolute Gasteiger partial charge is 0.240 e. The fourth-order valence-corrected chi connectivity index (χ4v) is 2.02. The zero-order chi connectivity index (χ0) is 14.4. The Morgan fingerprint density at radius 3 is 2.65 bits per heavy atom. The summed E-state index contributed by atoms with van der Waals surface area (Å²) in [6, 6.07) is 15.3. The lowest BCUT2D eigenvalue weighted by molar-refractivity contribution is -0.133. The van der Waals surface area contributed by atoms with Crippen LogP contribution in [0.2, 0.25) is 0 Å². The maximum atomic E-state index is 12.3. The first-order valence-corrected chi connectivity index (χ1v) is 6.41. The van der Waals surface area contributed by atoms with Crippen molar-refractivity contribution in [3.63, 3.8) is 0 Å². The van der Waals surface area contributed by atoms with Crippen LogP contribution in [0.3, 0.4) is 0 Å². The number of hydrogen-bond donors (Lipinski definition) is 0. The Kier molecular flexibility index (Phi) is 4.56. The molecule has 0 saturated carbocycles. The number of benzene rings is 1. The van der Waals surface area contributed by atoms with Gasteiger partial charge in [0, 0.05) is 20.0 Å². The summed E-state index contributed by atoms with van der Waals surface area (Å²) in [4.78, 5) is 13.8. The number of carbonyl (C=O) groups is 1. The molecule has 20 heavy (non-hydrogen) atoms. The second-order valence-electron chi connectivity index (χ2n) is 4.65. The van der Waals surface area contributed by atoms with Crippen molar-refractivity contribution in [2.75, 3.05) is 7.05 Å². The van der Waals surface area contributed by atoms with Crippen LogP contribution in [0.4, 0.5) is 0 Å². The maximum absolute atomic E-state index is 12.3. The molecule has 0 aliphatic rings. The zero-order valence-corrected chi connectivity index (χ0v) is 11.3. The van der Waals surface area contributed by atoms with E-state index >= 15 is 0 Å². The van der Waals surface area contributed by atoms with Crippen molar-refractivity contribution >= 4 is 5.91 Å². The molecule has 0 spiro atoms. The van der Waals surface area contributed by atoms with Crippen molar-refractivity contribution in [1.82, 2.24) is 4.90 Å². The van der Waals surface area contributed by atoms with Gasteiger partial charge in [-0.1, -0.05) is 30.3 Å². The van der Waals surface area contributed by atoms with Crippen LogP contribution in [0.25, 0.3) is 0 Å². The summed E-state index contributed by atoms with van der Waals surface area (Å²) in [5.74, 6) is -0.249. The van der Waals surface area contributed by atoms with E-state index in [9.17, 15) is 10.1 Å². The van der Waals surface area contributed by atoms with E-state index in [-0.39, 0.29) is 5.91 Å². The average Bonchev–Trinajstić information content (AvgIpc) is 2.98. The van der Waals surface area contributed by atoms with Gasteiger partial charge >= 0.3 is 0 Å². The van der Waals surface area contributed by atoms with Crippen LogP contribution >= 0.6 is 0 Å². The summed E-state index contributed by atoms with van der Waals surface area (Å²) in [7, 11) is 1.71. The van der Waals surface area contributed by atoms with Crippen molar-refractivity contribution in [2.24, 2.45) is 5.92 Å². The lowest BCUT2D eigenvalue weighted by atomic mass is 10.0. The van der Waals surface area contributed by atoms with E-state index in [1.54, 1.807) is 30.3 Å². The first-order valence-electron chi connectivity index (χ1n) is 6.41. The van der Waals surface area contributed by atoms with Crippen LogP contribution in [0, 0.1) is 17.2 Å². The summed E-state index contributed by atoms with van der Waals surface area (Å²) in [5, 5.41) is 9.17. The Bertz CT molecular complexity index is 585. The maximum Gasteiger partial charge on any atom is 0.240 e. The highest BCUT2D eigenvalue weighted by atomic mass is 16.3. The van der Waals surface area contributed by atoms with E-state index in [4.69, 9.17) is 4.42 Å². The second kappa shape index (κ2) is 6.58. The van der Waals surface area contributed by atoms with Crippen LogP contribution in [0.1, 0.15) is 11.3 Å². The highest BCUT2D eigenvalue weighted by molar-refractivity contribution is 5.81. The molecule has 0 aliphatic carbocycles. The molecular weight excluding hydrogens is 252 g/mol. The molecule has 1 heterocycles. The number of rotatable bonds is 5. The highest BCUT2D eigenvalue weighted by Crippen LogP contribution is 2.13. The molecule has 4 heteroatoms. The Labute approximate surface area is 118 Å². The van der Waals surface area contributed by atoms with Crippen LogP contribution in [0.15, 0.2) is 53.1 Å². The molecule has 1 aromatic heterocycles. The lowest BCUT2D eigenvalue weighted by Gasteiger charge is -2.19. The van der Waals surface area contributed by atoms with E-state index in [0.29, 0.717) is 18.7 Å². The van der Waals surface area contributed by atoms with Gasteiger partial charge in [0.05, 0.1) is 12.3 Å². The monoisotopic (exact) mass is 268 g/mol. The molecule has 0 aliphatic heterocycles. The first-order chi connectivity index (χ1) is 9.70. The van der Waals surface area contributed by atoms with Gasteiger partial charge in [0.25, 0.3) is 0 Å². The number of carbonyl (C=O) groups excluding carboxylic acids is 1. The zero-order valence-electron chi connectivity index (χ0n) is 11.3. The minimum atomic E-state index is -0.713. The Morgan fingerprint density at radius 2 is 2.05 bits per heavy atom. The standard InChI is InChI=1S/C16H16N2O2/c1-18(12-13-6-3-2-4-7-13)16(19)14(11-17)10-15-8-5-9-20-15/h2-9,14H,10,12H2,1H3. The predicted octanol–water partition coefficient (Wildman–Crippen LogP) is 2.62. The normalized spacial score (nSPS) is 11.6. The summed E-state index contributed by atoms with van der Waals surface area (Å²) in [5.41, 5.74) is 1.04. The van der Waals surface area contributed by atoms with E-state index in [2.05, 4.69) is 6.07 Å². The number of furan rings is 1. The Balaban J connectivity index is 1.99. The predicted molar refractivity (Wildman–Crippen MR) is 74.4 cm³/mol. The molecule has 0 fully saturated rings. The van der Waals surface area contributed by atoms with Crippen molar-refractivity contribution in [3.8, 4) is 6.07 Å². The molecule has 102 valence electrons. The van der Waals surface area contributed by atoms with Crippen LogP contribution in [-0.4, -0.2) is 17.9 Å². The van der Waals surface area contributed by atoms with Gasteiger partial charge in [0.15, 0.2) is 0 Å². The molecule has 1 atom stereocenters. The van der Waals surface area contributed by atoms with Crippen molar-refractivity contribution in [2.45, 2.75) is 13.0 Å². The van der Waals surface area contributed by atoms with Crippen molar-refractivity contribution in [3.05, 3.63) is 60.1 Å². The van der Waals surface area contributed by atoms with Gasteiger partial charge in [-0.15, -0.1) is 0 Å². The minimum absolute atomic E-state index is 0.187. The molecule has 2 rings (SSSR count). The topological polar surface area (TPSA) is 57.2 Å². The van der Waals surface area contributed by atoms with Gasteiger partial charge in [0.1, 0.15) is 11.7 Å². The van der Waals surface area contributed by atoms with Gasteiger partial charge in [-0.3, -0.25) is 4.79 Å². The summed E-state index contributed by atoms with van der Waals surface area (Å²) in [6.07, 6.45) is 1.85. The van der Waals surface area contributed by atoms with Crippen LogP contribution in [0.5, 0.6) is 0 Å². The Morgan fingerprint density at radius 1 is 1.30 bits per heavy atom. The SMILES string of the molecule is CN(Cc1ccccc1)C(=O)C(C#N)Cc1ccco1. The van der Waals surface area contributed by atoms with Gasteiger partial charge in [-0.25, -0.2) is 0 Å². The second-order valence-corrected chi connectivity index (χ2v) is 4.65. The molecule has 0 radical (unpaired) electrons. The quantitative estimate of drug-likeness (QED) is 0.837. The van der Waals surface area contributed by atoms with E-state index < -0.39 is 5.92 Å². The van der Waals surface area contributed by atoms with Crippen LogP contribution < -0.4 is 0 Å².